The summed E-state index contributed by atoms with van der Waals surface area (Å²) in [4.78, 5) is 9.75. The molecule has 1 aromatic rings. The van der Waals surface area contributed by atoms with Crippen molar-refractivity contribution in [1.82, 2.24) is 5.06 Å². The monoisotopic (exact) mass is 285 g/mol. The Hall–Kier alpha value is -1.23. The summed E-state index contributed by atoms with van der Waals surface area (Å²) in [5, 5.41) is 5.84. The van der Waals surface area contributed by atoms with E-state index in [-0.39, 0.29) is 0 Å². The second kappa shape index (κ2) is 6.09. The first-order chi connectivity index (χ1) is 8.72. The van der Waals surface area contributed by atoms with Crippen LogP contribution in [-0.2, 0) is 4.84 Å². The van der Waals surface area contributed by atoms with Gasteiger partial charge in [0.25, 0.3) is 0 Å². The quantitative estimate of drug-likeness (QED) is 0.864. The number of nitrogens with zero attached hydrogens (tertiary/aromatic N) is 2. The summed E-state index contributed by atoms with van der Waals surface area (Å²) in [6.07, 6.45) is 1.68. The highest BCUT2D eigenvalue weighted by Gasteiger charge is 2.19. The number of halogens is 2. The Morgan fingerprint density at radius 3 is 2.83 bits per heavy atom. The van der Waals surface area contributed by atoms with E-state index in [1.54, 1.807) is 29.3 Å². The van der Waals surface area contributed by atoms with E-state index in [1.807, 2.05) is 0 Å². The van der Waals surface area contributed by atoms with Gasteiger partial charge >= 0.3 is 0 Å². The Morgan fingerprint density at radius 1 is 1.44 bits per heavy atom. The van der Waals surface area contributed by atoms with Gasteiger partial charge in [0, 0.05) is 0 Å². The second-order valence-electron chi connectivity index (χ2n) is 3.61. The van der Waals surface area contributed by atoms with Crippen LogP contribution in [0.5, 0.6) is 0 Å². The molecule has 1 N–H and O–H groups in total. The number of benzene rings is 1. The zero-order valence-electron chi connectivity index (χ0n) is 9.70. The molecule has 0 radical (unpaired) electrons. The van der Waals surface area contributed by atoms with Gasteiger partial charge in [0.05, 0.1) is 35.4 Å². The summed E-state index contributed by atoms with van der Waals surface area (Å²) in [6.45, 7) is 5.39. The number of para-hydroxylation sites is 1. The van der Waals surface area contributed by atoms with Gasteiger partial charge in [-0.1, -0.05) is 35.3 Å². The summed E-state index contributed by atoms with van der Waals surface area (Å²) in [7, 11) is 0. The Kier molecular flexibility index (Phi) is 4.47. The molecular formula is C12H13Cl2N3O. The highest BCUT2D eigenvalue weighted by atomic mass is 35.5. The molecule has 0 fully saturated rings. The molecule has 1 aliphatic rings. The van der Waals surface area contributed by atoms with E-state index in [2.05, 4.69) is 16.9 Å². The third-order valence-electron chi connectivity index (χ3n) is 2.35. The third-order valence-corrected chi connectivity index (χ3v) is 2.98. The van der Waals surface area contributed by atoms with Crippen LogP contribution in [0.25, 0.3) is 0 Å². The number of rotatable bonds is 4. The van der Waals surface area contributed by atoms with Crippen molar-refractivity contribution >= 4 is 34.8 Å². The van der Waals surface area contributed by atoms with Crippen molar-refractivity contribution in [2.75, 3.05) is 25.0 Å². The van der Waals surface area contributed by atoms with Crippen LogP contribution in [-0.4, -0.2) is 30.7 Å². The Bertz CT molecular complexity index is 456. The third kappa shape index (κ3) is 2.96. The Balaban J connectivity index is 2.11. The first-order valence-corrected chi connectivity index (χ1v) is 6.25. The maximum Gasteiger partial charge on any atom is 0.223 e. The molecule has 0 unspecified atom stereocenters. The van der Waals surface area contributed by atoms with Gasteiger partial charge < -0.3 is 5.32 Å². The highest BCUT2D eigenvalue weighted by Crippen LogP contribution is 2.30. The minimum atomic E-state index is 0.428. The highest BCUT2D eigenvalue weighted by molar-refractivity contribution is 6.39. The van der Waals surface area contributed by atoms with Gasteiger partial charge in [-0.15, -0.1) is 6.58 Å². The van der Waals surface area contributed by atoms with Crippen LogP contribution in [0.4, 0.5) is 5.69 Å². The zero-order valence-corrected chi connectivity index (χ0v) is 11.2. The fourth-order valence-corrected chi connectivity index (χ4v) is 2.02. The molecule has 0 spiro atoms. The Morgan fingerprint density at radius 2 is 2.17 bits per heavy atom. The van der Waals surface area contributed by atoms with Crippen molar-refractivity contribution < 1.29 is 4.84 Å². The zero-order chi connectivity index (χ0) is 13.0. The topological polar surface area (TPSA) is 36.9 Å². The molecule has 0 aromatic heterocycles. The first-order valence-electron chi connectivity index (χ1n) is 5.49. The molecule has 2 rings (SSSR count). The maximum absolute atomic E-state index is 6.08. The van der Waals surface area contributed by atoms with Crippen molar-refractivity contribution in [3.8, 4) is 0 Å². The minimum Gasteiger partial charge on any atom is -0.322 e. The molecule has 0 amide bonds. The molecule has 0 saturated heterocycles. The number of hydrogen-bond acceptors (Lipinski definition) is 4. The van der Waals surface area contributed by atoms with Crippen molar-refractivity contribution in [2.45, 2.75) is 0 Å². The van der Waals surface area contributed by atoms with E-state index < -0.39 is 0 Å². The molecule has 0 bridgehead atoms. The fraction of sp³-hybridized carbons (Fsp3) is 0.250. The van der Waals surface area contributed by atoms with Crippen molar-refractivity contribution in [1.29, 1.82) is 0 Å². The predicted octanol–water partition coefficient (Wildman–Crippen LogP) is 3.19. The molecule has 1 aliphatic heterocycles. The molecule has 1 heterocycles. The van der Waals surface area contributed by atoms with E-state index in [0.29, 0.717) is 41.4 Å². The van der Waals surface area contributed by atoms with Crippen LogP contribution < -0.4 is 5.32 Å². The molecule has 0 atom stereocenters. The first kappa shape index (κ1) is 13.2. The number of guanidine groups is 1. The molecule has 18 heavy (non-hydrogen) atoms. The molecule has 1 aromatic carbocycles. The van der Waals surface area contributed by atoms with Crippen LogP contribution in [0.3, 0.4) is 0 Å². The average molecular weight is 286 g/mol. The predicted molar refractivity (Wildman–Crippen MR) is 75.2 cm³/mol. The van der Waals surface area contributed by atoms with Crippen LogP contribution in [0, 0.1) is 0 Å². The average Bonchev–Trinajstić information content (AvgIpc) is 2.79. The lowest BCUT2D eigenvalue weighted by Gasteiger charge is -2.20. The standard InChI is InChI=1S/C12H13Cl2N3O/c1-2-8-18-17-7-6-15-12(17)16-11-9(13)4-3-5-10(11)14/h2-5H,1,6-8H2,(H,15,16). The summed E-state index contributed by atoms with van der Waals surface area (Å²) >= 11 is 12.2. The molecule has 0 saturated carbocycles. The fourth-order valence-electron chi connectivity index (χ4n) is 1.53. The number of hydroxylamine groups is 2. The van der Waals surface area contributed by atoms with Crippen molar-refractivity contribution in [3.05, 3.63) is 40.9 Å². The van der Waals surface area contributed by atoms with Crippen molar-refractivity contribution in [2.24, 2.45) is 4.99 Å². The molecule has 4 nitrogen and oxygen atoms in total. The van der Waals surface area contributed by atoms with Crippen LogP contribution in [0.2, 0.25) is 10.0 Å². The van der Waals surface area contributed by atoms with E-state index in [1.165, 1.54) is 0 Å². The summed E-state index contributed by atoms with van der Waals surface area (Å²) < 4.78 is 0. The smallest absolute Gasteiger partial charge is 0.223 e. The molecule has 96 valence electrons. The van der Waals surface area contributed by atoms with Crippen molar-refractivity contribution in [3.63, 3.8) is 0 Å². The lowest BCUT2D eigenvalue weighted by atomic mass is 10.3. The van der Waals surface area contributed by atoms with Crippen LogP contribution >= 0.6 is 23.2 Å². The minimum absolute atomic E-state index is 0.428. The SMILES string of the molecule is C=CCON1CCN=C1Nc1c(Cl)cccc1Cl. The van der Waals surface area contributed by atoms with E-state index in [0.717, 1.165) is 0 Å². The van der Waals surface area contributed by atoms with Gasteiger partial charge in [-0.3, -0.25) is 4.84 Å². The normalized spacial score (nSPS) is 14.6. The van der Waals surface area contributed by atoms with E-state index >= 15 is 0 Å². The summed E-state index contributed by atoms with van der Waals surface area (Å²) in [6, 6.07) is 5.32. The molecule has 0 aliphatic carbocycles. The van der Waals surface area contributed by atoms with Gasteiger partial charge in [-0.25, -0.2) is 10.1 Å². The van der Waals surface area contributed by atoms with E-state index in [4.69, 9.17) is 28.0 Å². The molecule has 6 heteroatoms. The summed E-state index contributed by atoms with van der Waals surface area (Å²) in [5.41, 5.74) is 0.633. The van der Waals surface area contributed by atoms with Crippen LogP contribution in [0.15, 0.2) is 35.8 Å². The van der Waals surface area contributed by atoms with Gasteiger partial charge in [-0.2, -0.15) is 0 Å². The van der Waals surface area contributed by atoms with Gasteiger partial charge in [-0.05, 0) is 12.1 Å². The lowest BCUT2D eigenvalue weighted by molar-refractivity contribution is -0.0765. The van der Waals surface area contributed by atoms with Gasteiger partial charge in [0.15, 0.2) is 0 Å². The maximum atomic E-state index is 6.08. The largest absolute Gasteiger partial charge is 0.322 e. The summed E-state index contributed by atoms with van der Waals surface area (Å²) in [5.74, 6) is 0.604. The number of hydrogen-bond donors (Lipinski definition) is 1. The number of anilines is 1. The van der Waals surface area contributed by atoms with Crippen LogP contribution in [0.1, 0.15) is 0 Å². The van der Waals surface area contributed by atoms with E-state index in [9.17, 15) is 0 Å². The second-order valence-corrected chi connectivity index (χ2v) is 4.43. The molecular weight excluding hydrogens is 273 g/mol. The van der Waals surface area contributed by atoms with Gasteiger partial charge in [0.1, 0.15) is 0 Å². The Labute approximate surface area is 116 Å². The number of aliphatic imine (C=N–C) groups is 1. The van der Waals surface area contributed by atoms with Gasteiger partial charge in [0.2, 0.25) is 5.96 Å². The number of nitrogens with one attached hydrogen (secondary N) is 1. The lowest BCUT2D eigenvalue weighted by Crippen LogP contribution is -2.33.